The van der Waals surface area contributed by atoms with E-state index in [2.05, 4.69) is 0 Å². The van der Waals surface area contributed by atoms with Crippen molar-refractivity contribution in [1.82, 2.24) is 0 Å². The molecule has 1 aromatic carbocycles. The molecule has 0 bridgehead atoms. The largest absolute Gasteiger partial charge is 0.495 e. The number of hydrogen-bond acceptors (Lipinski definition) is 4. The minimum absolute atomic E-state index is 0.0238. The van der Waals surface area contributed by atoms with Crippen LogP contribution < -0.4 is 9.64 Å². The van der Waals surface area contributed by atoms with Gasteiger partial charge in [-0.2, -0.15) is 5.26 Å². The van der Waals surface area contributed by atoms with E-state index in [1.807, 2.05) is 13.0 Å². The molecular weight excluding hydrogens is 256 g/mol. The van der Waals surface area contributed by atoms with Crippen molar-refractivity contribution in [1.29, 1.82) is 5.26 Å². The van der Waals surface area contributed by atoms with E-state index in [4.69, 9.17) is 10.00 Å². The van der Waals surface area contributed by atoms with Gasteiger partial charge in [0.2, 0.25) is 5.91 Å². The summed E-state index contributed by atoms with van der Waals surface area (Å²) in [5.41, 5.74) is 0.527. The number of hydrogen-bond donors (Lipinski definition) is 1. The Balaban J connectivity index is 2.02. The molecule has 1 aromatic rings. The van der Waals surface area contributed by atoms with E-state index in [1.165, 1.54) is 7.11 Å². The van der Waals surface area contributed by atoms with E-state index in [-0.39, 0.29) is 11.9 Å². The van der Waals surface area contributed by atoms with Gasteiger partial charge in [0.25, 0.3) is 0 Å². The lowest BCUT2D eigenvalue weighted by molar-refractivity contribution is -0.123. The van der Waals surface area contributed by atoms with Gasteiger partial charge < -0.3 is 14.7 Å². The third kappa shape index (κ3) is 1.55. The SMILES string of the molecule is COc1cc(N2C(=O)C3(CC3)C(O)C2C)ccc1C#N. The van der Waals surface area contributed by atoms with Gasteiger partial charge in [-0.05, 0) is 31.9 Å². The van der Waals surface area contributed by atoms with Crippen LogP contribution in [-0.4, -0.2) is 30.3 Å². The van der Waals surface area contributed by atoms with Gasteiger partial charge in [-0.15, -0.1) is 0 Å². The fraction of sp³-hybridized carbons (Fsp3) is 0.467. The van der Waals surface area contributed by atoms with Crippen LogP contribution in [0.5, 0.6) is 5.75 Å². The average molecular weight is 272 g/mol. The minimum atomic E-state index is -0.628. The molecule has 1 amide bonds. The van der Waals surface area contributed by atoms with E-state index in [0.717, 1.165) is 12.8 Å². The number of nitrogens with zero attached hydrogens (tertiary/aromatic N) is 2. The second kappa shape index (κ2) is 4.22. The number of ether oxygens (including phenoxy) is 1. The Morgan fingerprint density at radius 1 is 1.50 bits per heavy atom. The van der Waals surface area contributed by atoms with E-state index in [0.29, 0.717) is 17.0 Å². The molecule has 1 heterocycles. The third-order valence-electron chi connectivity index (χ3n) is 4.45. The first-order valence-corrected chi connectivity index (χ1v) is 6.65. The van der Waals surface area contributed by atoms with Crippen molar-refractivity contribution in [2.24, 2.45) is 5.41 Å². The van der Waals surface area contributed by atoms with Crippen LogP contribution in [0.1, 0.15) is 25.3 Å². The summed E-state index contributed by atoms with van der Waals surface area (Å²) in [6.45, 7) is 1.85. The Hall–Kier alpha value is -2.06. The predicted octanol–water partition coefficient (Wildman–Crippen LogP) is 1.44. The maximum Gasteiger partial charge on any atom is 0.236 e. The van der Waals surface area contributed by atoms with Crippen LogP contribution in [-0.2, 0) is 4.79 Å². The molecule has 1 saturated carbocycles. The van der Waals surface area contributed by atoms with Crippen molar-refractivity contribution in [3.63, 3.8) is 0 Å². The molecule has 1 aliphatic carbocycles. The van der Waals surface area contributed by atoms with Crippen molar-refractivity contribution in [3.8, 4) is 11.8 Å². The molecular formula is C15H16N2O3. The number of benzene rings is 1. The highest BCUT2D eigenvalue weighted by molar-refractivity contribution is 6.03. The summed E-state index contributed by atoms with van der Waals surface area (Å²) >= 11 is 0. The number of methoxy groups -OCH3 is 1. The normalized spacial score (nSPS) is 26.7. The first kappa shape index (κ1) is 12.9. The average Bonchev–Trinajstić information content (AvgIpc) is 3.24. The Labute approximate surface area is 117 Å². The summed E-state index contributed by atoms with van der Waals surface area (Å²) in [7, 11) is 1.49. The first-order valence-electron chi connectivity index (χ1n) is 6.65. The van der Waals surface area contributed by atoms with E-state index >= 15 is 0 Å². The van der Waals surface area contributed by atoms with E-state index < -0.39 is 11.5 Å². The summed E-state index contributed by atoms with van der Waals surface area (Å²) in [4.78, 5) is 14.2. The molecule has 2 fully saturated rings. The van der Waals surface area contributed by atoms with Gasteiger partial charge in [-0.1, -0.05) is 0 Å². The summed E-state index contributed by atoms with van der Waals surface area (Å²) in [6.07, 6.45) is 0.874. The zero-order valence-corrected chi connectivity index (χ0v) is 11.5. The lowest BCUT2D eigenvalue weighted by atomic mass is 9.99. The molecule has 0 radical (unpaired) electrons. The number of aliphatic hydroxyl groups is 1. The van der Waals surface area contributed by atoms with Crippen molar-refractivity contribution in [2.45, 2.75) is 31.9 Å². The predicted molar refractivity (Wildman–Crippen MR) is 72.3 cm³/mol. The van der Waals surface area contributed by atoms with Crippen LogP contribution in [0, 0.1) is 16.7 Å². The lowest BCUT2D eigenvalue weighted by Gasteiger charge is -2.23. The Kier molecular flexibility index (Phi) is 2.73. The maximum absolute atomic E-state index is 12.5. The molecule has 104 valence electrons. The van der Waals surface area contributed by atoms with Crippen molar-refractivity contribution < 1.29 is 14.6 Å². The van der Waals surface area contributed by atoms with Gasteiger partial charge in [0.15, 0.2) is 0 Å². The zero-order chi connectivity index (χ0) is 14.5. The fourth-order valence-corrected chi connectivity index (χ4v) is 3.07. The Morgan fingerprint density at radius 2 is 2.20 bits per heavy atom. The second-order valence-electron chi connectivity index (χ2n) is 5.51. The molecule has 0 aromatic heterocycles. The molecule has 1 spiro atoms. The maximum atomic E-state index is 12.5. The minimum Gasteiger partial charge on any atom is -0.495 e. The summed E-state index contributed by atoms with van der Waals surface area (Å²) < 4.78 is 5.18. The molecule has 1 N–H and O–H groups in total. The van der Waals surface area contributed by atoms with E-state index in [9.17, 15) is 9.90 Å². The zero-order valence-electron chi connectivity index (χ0n) is 11.5. The Bertz CT molecular complexity index is 616. The molecule has 5 nitrogen and oxygen atoms in total. The second-order valence-corrected chi connectivity index (χ2v) is 5.51. The van der Waals surface area contributed by atoms with Gasteiger partial charge in [0.05, 0.1) is 30.2 Å². The summed E-state index contributed by atoms with van der Waals surface area (Å²) in [5.74, 6) is 0.417. The van der Waals surface area contributed by atoms with Gasteiger partial charge >= 0.3 is 0 Å². The molecule has 2 aliphatic rings. The van der Waals surface area contributed by atoms with Crippen LogP contribution in [0.25, 0.3) is 0 Å². The Morgan fingerprint density at radius 3 is 2.70 bits per heavy atom. The molecule has 2 unspecified atom stereocenters. The van der Waals surface area contributed by atoms with Crippen LogP contribution >= 0.6 is 0 Å². The number of aliphatic hydroxyl groups excluding tert-OH is 1. The number of rotatable bonds is 2. The first-order chi connectivity index (χ1) is 9.55. The fourth-order valence-electron chi connectivity index (χ4n) is 3.07. The number of nitriles is 1. The molecule has 1 saturated heterocycles. The molecule has 5 heteroatoms. The van der Waals surface area contributed by atoms with Crippen LogP contribution in [0.2, 0.25) is 0 Å². The van der Waals surface area contributed by atoms with Crippen molar-refractivity contribution in [3.05, 3.63) is 23.8 Å². The highest BCUT2D eigenvalue weighted by Crippen LogP contribution is 2.56. The van der Waals surface area contributed by atoms with Gasteiger partial charge in [-0.3, -0.25) is 4.79 Å². The quantitative estimate of drug-likeness (QED) is 0.884. The number of carbonyl (C=O) groups is 1. The molecule has 20 heavy (non-hydrogen) atoms. The molecule has 1 aliphatic heterocycles. The third-order valence-corrected chi connectivity index (χ3v) is 4.45. The standard InChI is InChI=1S/C15H16N2O3/c1-9-13(18)15(5-6-15)14(19)17(9)11-4-3-10(8-16)12(7-11)20-2/h3-4,7,9,13,18H,5-6H2,1-2H3. The summed E-state index contributed by atoms with van der Waals surface area (Å²) in [6, 6.07) is 6.83. The number of anilines is 1. The molecule has 2 atom stereocenters. The van der Waals surface area contributed by atoms with Crippen molar-refractivity contribution in [2.75, 3.05) is 12.0 Å². The van der Waals surface area contributed by atoms with Crippen molar-refractivity contribution >= 4 is 11.6 Å². The van der Waals surface area contributed by atoms with Gasteiger partial charge in [0.1, 0.15) is 11.8 Å². The smallest absolute Gasteiger partial charge is 0.236 e. The van der Waals surface area contributed by atoms with E-state index in [1.54, 1.807) is 23.1 Å². The molecule has 3 rings (SSSR count). The van der Waals surface area contributed by atoms with Gasteiger partial charge in [0, 0.05) is 11.8 Å². The highest BCUT2D eigenvalue weighted by atomic mass is 16.5. The summed E-state index contributed by atoms with van der Waals surface area (Å²) in [5, 5.41) is 19.3. The number of carbonyl (C=O) groups excluding carboxylic acids is 1. The van der Waals surface area contributed by atoms with Crippen LogP contribution in [0.4, 0.5) is 5.69 Å². The highest BCUT2D eigenvalue weighted by Gasteiger charge is 2.64. The van der Waals surface area contributed by atoms with Crippen LogP contribution in [0.3, 0.4) is 0 Å². The topological polar surface area (TPSA) is 73.6 Å². The van der Waals surface area contributed by atoms with Crippen LogP contribution in [0.15, 0.2) is 18.2 Å². The monoisotopic (exact) mass is 272 g/mol. The lowest BCUT2D eigenvalue weighted by Crippen LogP contribution is -2.34. The van der Waals surface area contributed by atoms with Gasteiger partial charge in [-0.25, -0.2) is 0 Å². The number of amides is 1.